The van der Waals surface area contributed by atoms with Gasteiger partial charge in [-0.3, -0.25) is 0 Å². The summed E-state index contributed by atoms with van der Waals surface area (Å²) in [5.74, 6) is 1.38. The molecule has 0 amide bonds. The Balaban J connectivity index is 1.03. The standard InChI is InChI=1S/C75H53N5/c1-6-21-50(22-7-1)52-37-41-55(42-38-52)64-47-59(75-77-73(57-27-12-4-13-28-57)76-74(78-75)58-29-14-5-15-30-58)48-65(56-43-39-53(40-44-56)51-23-8-2-9-24-51)72(64)80-69-46-45-60(79-67-34-18-16-31-62(67)63-32-17-19-35-68(63)79)49-66(69)71-61(33-20-36-70(71)80)54-25-10-3-11-26-54/h1-47,49,65,73H,48H2,(H,76,77,78)/t65-,73?/m1/s1. The van der Waals surface area contributed by atoms with Crippen molar-refractivity contribution in [2.24, 2.45) is 9.98 Å². The molecule has 1 aliphatic carbocycles. The lowest BCUT2D eigenvalue weighted by Crippen LogP contribution is -2.35. The number of para-hydroxylation sites is 2. The Morgan fingerprint density at radius 2 is 0.875 bits per heavy atom. The fourth-order valence-corrected chi connectivity index (χ4v) is 12.4. The van der Waals surface area contributed by atoms with Gasteiger partial charge in [-0.1, -0.05) is 249 Å². The number of benzene rings is 11. The van der Waals surface area contributed by atoms with Crippen molar-refractivity contribution >= 4 is 66.6 Å². The Kier molecular flexibility index (Phi) is 11.7. The first-order valence-corrected chi connectivity index (χ1v) is 27.6. The molecule has 5 nitrogen and oxygen atoms in total. The van der Waals surface area contributed by atoms with E-state index < -0.39 is 0 Å². The van der Waals surface area contributed by atoms with E-state index in [0.717, 1.165) is 50.4 Å². The second kappa shape index (κ2) is 19.9. The number of amidine groups is 2. The van der Waals surface area contributed by atoms with Crippen LogP contribution in [0.25, 0.3) is 93.9 Å². The molecule has 1 unspecified atom stereocenters. The quantitative estimate of drug-likeness (QED) is 0.146. The molecule has 13 aromatic rings. The van der Waals surface area contributed by atoms with Gasteiger partial charge in [-0.2, -0.15) is 0 Å². The highest BCUT2D eigenvalue weighted by Crippen LogP contribution is 2.50. The van der Waals surface area contributed by atoms with Crippen LogP contribution in [0.4, 0.5) is 0 Å². The highest BCUT2D eigenvalue weighted by atomic mass is 15.2. The number of allylic oxidation sites excluding steroid dienone is 3. The summed E-state index contributed by atoms with van der Waals surface area (Å²) in [6.45, 7) is 0. The Morgan fingerprint density at radius 3 is 1.50 bits per heavy atom. The number of nitrogens with zero attached hydrogens (tertiary/aromatic N) is 4. The molecule has 2 atom stereocenters. The topological polar surface area (TPSA) is 46.6 Å². The fraction of sp³-hybridized carbons (Fsp3) is 0.0400. The van der Waals surface area contributed by atoms with Gasteiger partial charge in [0.25, 0.3) is 0 Å². The summed E-state index contributed by atoms with van der Waals surface area (Å²) in [7, 11) is 0. The van der Waals surface area contributed by atoms with Gasteiger partial charge in [0.2, 0.25) is 0 Å². The third kappa shape index (κ3) is 8.27. The second-order valence-corrected chi connectivity index (χ2v) is 20.9. The molecule has 0 saturated carbocycles. The van der Waals surface area contributed by atoms with Crippen molar-refractivity contribution < 1.29 is 0 Å². The first kappa shape index (κ1) is 46.9. The van der Waals surface area contributed by atoms with E-state index in [9.17, 15) is 0 Å². The summed E-state index contributed by atoms with van der Waals surface area (Å²) in [5.41, 5.74) is 20.7. The van der Waals surface area contributed by atoms with Gasteiger partial charge >= 0.3 is 0 Å². The lowest BCUT2D eigenvalue weighted by molar-refractivity contribution is 0.668. The molecular formula is C75H53N5. The van der Waals surface area contributed by atoms with Gasteiger partial charge in [-0.25, -0.2) is 9.98 Å². The minimum atomic E-state index is -0.347. The molecule has 1 N–H and O–H groups in total. The number of aliphatic imine (C=N–C) groups is 2. The highest BCUT2D eigenvalue weighted by molar-refractivity contribution is 6.20. The summed E-state index contributed by atoms with van der Waals surface area (Å²) >= 11 is 0. The summed E-state index contributed by atoms with van der Waals surface area (Å²) < 4.78 is 5.05. The first-order chi connectivity index (χ1) is 39.7. The second-order valence-electron chi connectivity index (χ2n) is 20.9. The van der Waals surface area contributed by atoms with E-state index in [2.05, 4.69) is 300 Å². The van der Waals surface area contributed by atoms with Crippen molar-refractivity contribution in [1.82, 2.24) is 14.5 Å². The number of hydrogen-bond donors (Lipinski definition) is 1. The largest absolute Gasteiger partial charge is 0.344 e. The van der Waals surface area contributed by atoms with Crippen molar-refractivity contribution in [2.45, 2.75) is 18.5 Å². The van der Waals surface area contributed by atoms with Gasteiger partial charge in [0.1, 0.15) is 12.0 Å². The van der Waals surface area contributed by atoms with Gasteiger partial charge in [0.05, 0.1) is 22.1 Å². The monoisotopic (exact) mass is 1020 g/mol. The van der Waals surface area contributed by atoms with Crippen LogP contribution in [-0.4, -0.2) is 20.8 Å². The number of hydrogen-bond acceptors (Lipinski definition) is 3. The lowest BCUT2D eigenvalue weighted by Gasteiger charge is -2.33. The van der Waals surface area contributed by atoms with E-state index in [1.807, 2.05) is 6.07 Å². The van der Waals surface area contributed by atoms with Crippen LogP contribution >= 0.6 is 0 Å². The molecule has 11 aromatic carbocycles. The zero-order valence-corrected chi connectivity index (χ0v) is 43.9. The van der Waals surface area contributed by atoms with E-state index in [4.69, 9.17) is 9.98 Å². The molecule has 2 aromatic heterocycles. The number of nitrogens with one attached hydrogen (secondary N) is 1. The molecule has 80 heavy (non-hydrogen) atoms. The first-order valence-electron chi connectivity index (χ1n) is 27.6. The molecular weight excluding hydrogens is 971 g/mol. The Bertz CT molecular complexity index is 4530. The zero-order valence-electron chi connectivity index (χ0n) is 43.9. The van der Waals surface area contributed by atoms with Crippen LogP contribution in [-0.2, 0) is 0 Å². The third-order valence-electron chi connectivity index (χ3n) is 16.2. The lowest BCUT2D eigenvalue weighted by atomic mass is 9.79. The molecule has 0 fully saturated rings. The number of aromatic nitrogens is 2. The Labute approximate surface area is 465 Å². The van der Waals surface area contributed by atoms with E-state index >= 15 is 0 Å². The molecule has 1 aliphatic heterocycles. The Hall–Kier alpha value is -10.4. The van der Waals surface area contributed by atoms with E-state index in [-0.39, 0.29) is 12.1 Å². The summed E-state index contributed by atoms with van der Waals surface area (Å²) in [5, 5.41) is 8.76. The van der Waals surface area contributed by atoms with E-state index in [1.165, 1.54) is 77.2 Å². The maximum atomic E-state index is 5.48. The molecule has 0 bridgehead atoms. The highest BCUT2D eigenvalue weighted by Gasteiger charge is 2.34. The fourth-order valence-electron chi connectivity index (χ4n) is 12.4. The van der Waals surface area contributed by atoms with Crippen molar-refractivity contribution in [2.75, 3.05) is 0 Å². The predicted molar refractivity (Wildman–Crippen MR) is 334 cm³/mol. The average molecular weight is 1020 g/mol. The van der Waals surface area contributed by atoms with Crippen molar-refractivity contribution in [1.29, 1.82) is 0 Å². The van der Waals surface area contributed by atoms with Crippen LogP contribution in [0.2, 0.25) is 0 Å². The Morgan fingerprint density at radius 1 is 0.375 bits per heavy atom. The molecule has 2 aliphatic rings. The van der Waals surface area contributed by atoms with Gasteiger partial charge in [-0.05, 0) is 105 Å². The molecule has 0 saturated heterocycles. The molecule has 0 spiro atoms. The maximum Gasteiger partial charge on any atom is 0.159 e. The number of rotatable bonds is 10. The maximum absolute atomic E-state index is 5.48. The van der Waals surface area contributed by atoms with E-state index in [0.29, 0.717) is 12.3 Å². The SMILES string of the molecule is C1=C(C2=NC(c3ccccc3)=NC(c3ccccc3)N2)C[C@H](c2ccc(-c3ccccc3)cc2)C(n2c3ccc(-n4c5ccccc5c5ccccc54)cc3c3c(-c4ccccc4)cccc32)=C1c1ccc(-c2ccccc2)cc1. The molecule has 5 heteroatoms. The van der Waals surface area contributed by atoms with Crippen LogP contribution in [0, 0.1) is 0 Å². The summed E-state index contributed by atoms with van der Waals surface area (Å²) in [6, 6.07) is 103. The van der Waals surface area contributed by atoms with Crippen molar-refractivity contribution in [3.05, 3.63) is 319 Å². The van der Waals surface area contributed by atoms with Crippen LogP contribution in [0.5, 0.6) is 0 Å². The number of fused-ring (bicyclic) bond motifs is 6. The third-order valence-corrected chi connectivity index (χ3v) is 16.2. The van der Waals surface area contributed by atoms with Crippen molar-refractivity contribution in [3.8, 4) is 39.1 Å². The van der Waals surface area contributed by atoms with Crippen LogP contribution in [0.1, 0.15) is 40.8 Å². The molecule has 15 rings (SSSR count). The average Bonchev–Trinajstić information content (AvgIpc) is 4.10. The van der Waals surface area contributed by atoms with Gasteiger partial charge in [-0.15, -0.1) is 0 Å². The molecule has 378 valence electrons. The van der Waals surface area contributed by atoms with Gasteiger partial charge in [0, 0.05) is 50.0 Å². The summed E-state index contributed by atoms with van der Waals surface area (Å²) in [4.78, 5) is 10.8. The van der Waals surface area contributed by atoms with Crippen molar-refractivity contribution in [3.63, 3.8) is 0 Å². The minimum Gasteiger partial charge on any atom is -0.344 e. The van der Waals surface area contributed by atoms with Crippen LogP contribution < -0.4 is 5.32 Å². The van der Waals surface area contributed by atoms with E-state index in [1.54, 1.807) is 0 Å². The normalized spacial score (nSPS) is 15.5. The minimum absolute atomic E-state index is 0.140. The van der Waals surface area contributed by atoms with Crippen LogP contribution in [0.15, 0.2) is 307 Å². The summed E-state index contributed by atoms with van der Waals surface area (Å²) in [6.07, 6.45) is 2.74. The van der Waals surface area contributed by atoms with Gasteiger partial charge in [0.15, 0.2) is 5.84 Å². The smallest absolute Gasteiger partial charge is 0.159 e. The predicted octanol–water partition coefficient (Wildman–Crippen LogP) is 18.5. The van der Waals surface area contributed by atoms with Gasteiger partial charge < -0.3 is 14.5 Å². The molecule has 3 heterocycles. The van der Waals surface area contributed by atoms with Crippen LogP contribution in [0.3, 0.4) is 0 Å². The molecule has 0 radical (unpaired) electrons. The zero-order chi connectivity index (χ0) is 52.9.